The molecular formula is C18H26N6O. The number of nitrogens with one attached hydrogen (secondary N) is 1. The predicted molar refractivity (Wildman–Crippen MR) is 98.7 cm³/mol. The third kappa shape index (κ3) is 5.37. The summed E-state index contributed by atoms with van der Waals surface area (Å²) < 4.78 is 5.37. The summed E-state index contributed by atoms with van der Waals surface area (Å²) in [5.41, 5.74) is 1.25. The number of nitrogens with zero attached hydrogens (tertiary/aromatic N) is 5. The van der Waals surface area contributed by atoms with Crippen molar-refractivity contribution >= 4 is 11.8 Å². The third-order valence-corrected chi connectivity index (χ3v) is 4.28. The van der Waals surface area contributed by atoms with Crippen LogP contribution >= 0.6 is 0 Å². The van der Waals surface area contributed by atoms with E-state index >= 15 is 0 Å². The van der Waals surface area contributed by atoms with Gasteiger partial charge in [-0.05, 0) is 12.5 Å². The Kier molecular flexibility index (Phi) is 6.53. The minimum absolute atomic E-state index is 0.581. The van der Waals surface area contributed by atoms with Crippen molar-refractivity contribution in [1.29, 1.82) is 0 Å². The summed E-state index contributed by atoms with van der Waals surface area (Å²) in [6.45, 7) is 9.16. The molecule has 2 aromatic rings. The molecule has 1 aromatic carbocycles. The van der Waals surface area contributed by atoms with Gasteiger partial charge in [-0.25, -0.2) is 0 Å². The lowest BCUT2D eigenvalue weighted by molar-refractivity contribution is 0.0398. The largest absolute Gasteiger partial charge is 0.379 e. The number of hydrogen-bond donors (Lipinski definition) is 1. The minimum atomic E-state index is 0.581. The molecule has 0 saturated carbocycles. The molecule has 3 rings (SSSR count). The van der Waals surface area contributed by atoms with Crippen LogP contribution in [0.3, 0.4) is 0 Å². The zero-order chi connectivity index (χ0) is 17.3. The van der Waals surface area contributed by atoms with Crippen LogP contribution in [0, 0.1) is 0 Å². The van der Waals surface area contributed by atoms with E-state index in [1.165, 1.54) is 5.56 Å². The Morgan fingerprint density at radius 2 is 2.00 bits per heavy atom. The Morgan fingerprint density at radius 1 is 1.20 bits per heavy atom. The molecule has 0 bridgehead atoms. The summed E-state index contributed by atoms with van der Waals surface area (Å²) in [4.78, 5) is 9.19. The van der Waals surface area contributed by atoms with Crippen LogP contribution in [0.2, 0.25) is 0 Å². The molecule has 134 valence electrons. The van der Waals surface area contributed by atoms with E-state index < -0.39 is 0 Å². The predicted octanol–water partition coefficient (Wildman–Crippen LogP) is 1.64. The van der Waals surface area contributed by atoms with Crippen LogP contribution < -0.4 is 10.2 Å². The fourth-order valence-corrected chi connectivity index (χ4v) is 2.83. The molecule has 7 heteroatoms. The molecule has 1 saturated heterocycles. The van der Waals surface area contributed by atoms with Crippen molar-refractivity contribution in [1.82, 2.24) is 20.1 Å². The van der Waals surface area contributed by atoms with Gasteiger partial charge in [-0.3, -0.25) is 4.90 Å². The van der Waals surface area contributed by atoms with E-state index in [9.17, 15) is 0 Å². The van der Waals surface area contributed by atoms with Crippen molar-refractivity contribution in [3.8, 4) is 0 Å². The maximum Gasteiger partial charge on any atom is 0.244 e. The van der Waals surface area contributed by atoms with E-state index in [4.69, 9.17) is 4.74 Å². The van der Waals surface area contributed by atoms with Crippen molar-refractivity contribution in [2.24, 2.45) is 0 Å². The Labute approximate surface area is 149 Å². The average molecular weight is 342 g/mol. The Hall–Kier alpha value is -2.25. The van der Waals surface area contributed by atoms with Crippen LogP contribution in [0.4, 0.5) is 11.8 Å². The van der Waals surface area contributed by atoms with Gasteiger partial charge in [0, 0.05) is 39.3 Å². The van der Waals surface area contributed by atoms with E-state index in [0.717, 1.165) is 58.3 Å². The molecule has 25 heavy (non-hydrogen) atoms. The van der Waals surface area contributed by atoms with Crippen molar-refractivity contribution in [2.45, 2.75) is 13.5 Å². The first-order valence-electron chi connectivity index (χ1n) is 8.87. The van der Waals surface area contributed by atoms with Crippen molar-refractivity contribution in [3.05, 3.63) is 42.1 Å². The lowest BCUT2D eigenvalue weighted by Crippen LogP contribution is -2.39. The average Bonchev–Trinajstić information content (AvgIpc) is 2.68. The molecule has 0 amide bonds. The minimum Gasteiger partial charge on any atom is -0.379 e. The molecule has 1 fully saturated rings. The summed E-state index contributed by atoms with van der Waals surface area (Å²) in [6.07, 6.45) is 1.72. The Balaban J connectivity index is 1.55. The third-order valence-electron chi connectivity index (χ3n) is 4.28. The van der Waals surface area contributed by atoms with Gasteiger partial charge in [0.15, 0.2) is 5.82 Å². The Bertz CT molecular complexity index is 632. The molecule has 7 nitrogen and oxygen atoms in total. The second-order valence-corrected chi connectivity index (χ2v) is 6.02. The van der Waals surface area contributed by atoms with Crippen LogP contribution in [0.15, 0.2) is 36.5 Å². The maximum atomic E-state index is 5.37. The molecule has 1 aromatic heterocycles. The van der Waals surface area contributed by atoms with Gasteiger partial charge < -0.3 is 15.0 Å². The molecule has 0 aliphatic carbocycles. The first kappa shape index (κ1) is 17.6. The summed E-state index contributed by atoms with van der Waals surface area (Å²) in [5.74, 6) is 1.42. The van der Waals surface area contributed by atoms with Gasteiger partial charge in [0.25, 0.3) is 0 Å². The maximum absolute atomic E-state index is 5.37. The molecule has 1 N–H and O–H groups in total. The normalized spacial score (nSPS) is 15.1. The summed E-state index contributed by atoms with van der Waals surface area (Å²) in [6, 6.07) is 10.4. The highest BCUT2D eigenvalue weighted by molar-refractivity contribution is 5.41. The first-order chi connectivity index (χ1) is 12.3. The highest BCUT2D eigenvalue weighted by Gasteiger charge is 2.11. The number of aromatic nitrogens is 3. The van der Waals surface area contributed by atoms with Crippen molar-refractivity contribution < 1.29 is 4.74 Å². The zero-order valence-corrected chi connectivity index (χ0v) is 14.8. The standard InChI is InChI=1S/C18H26N6O/c1-2-24(15-16-6-4-3-5-7-16)17-14-20-22-18(21-17)19-8-9-23-10-12-25-13-11-23/h3-7,14H,2,8-13,15H2,1H3,(H,19,21,22). The van der Waals surface area contributed by atoms with Crippen LogP contribution in [-0.2, 0) is 11.3 Å². The van der Waals surface area contributed by atoms with E-state index in [0.29, 0.717) is 5.95 Å². The fourth-order valence-electron chi connectivity index (χ4n) is 2.83. The van der Waals surface area contributed by atoms with Crippen molar-refractivity contribution in [3.63, 3.8) is 0 Å². The number of rotatable bonds is 8. The lowest BCUT2D eigenvalue weighted by atomic mass is 10.2. The van der Waals surface area contributed by atoms with E-state index in [-0.39, 0.29) is 0 Å². The van der Waals surface area contributed by atoms with Gasteiger partial charge in [-0.1, -0.05) is 30.3 Å². The number of ether oxygens (including phenoxy) is 1. The van der Waals surface area contributed by atoms with Crippen LogP contribution in [0.5, 0.6) is 0 Å². The topological polar surface area (TPSA) is 66.4 Å². The highest BCUT2D eigenvalue weighted by atomic mass is 16.5. The van der Waals surface area contributed by atoms with Gasteiger partial charge in [-0.2, -0.15) is 10.1 Å². The van der Waals surface area contributed by atoms with Gasteiger partial charge in [-0.15, -0.1) is 5.10 Å². The summed E-state index contributed by atoms with van der Waals surface area (Å²) in [7, 11) is 0. The van der Waals surface area contributed by atoms with Gasteiger partial charge in [0.1, 0.15) is 0 Å². The monoisotopic (exact) mass is 342 g/mol. The number of morpholine rings is 1. The number of benzene rings is 1. The van der Waals surface area contributed by atoms with Crippen LogP contribution in [-0.4, -0.2) is 66.0 Å². The molecule has 2 heterocycles. The molecule has 0 spiro atoms. The Morgan fingerprint density at radius 3 is 2.76 bits per heavy atom. The summed E-state index contributed by atoms with van der Waals surface area (Å²) >= 11 is 0. The second kappa shape index (κ2) is 9.29. The molecular weight excluding hydrogens is 316 g/mol. The number of hydrogen-bond acceptors (Lipinski definition) is 7. The quantitative estimate of drug-likeness (QED) is 0.782. The number of anilines is 2. The van der Waals surface area contributed by atoms with Crippen LogP contribution in [0.25, 0.3) is 0 Å². The van der Waals surface area contributed by atoms with E-state index in [1.54, 1.807) is 6.20 Å². The van der Waals surface area contributed by atoms with Gasteiger partial charge in [0.2, 0.25) is 5.95 Å². The zero-order valence-electron chi connectivity index (χ0n) is 14.8. The SMILES string of the molecule is CCN(Cc1ccccc1)c1cnnc(NCCN2CCOCC2)n1. The molecule has 0 radical (unpaired) electrons. The molecule has 0 unspecified atom stereocenters. The molecule has 1 aliphatic heterocycles. The second-order valence-electron chi connectivity index (χ2n) is 6.02. The molecule has 1 aliphatic rings. The van der Waals surface area contributed by atoms with E-state index in [1.807, 2.05) is 6.07 Å². The van der Waals surface area contributed by atoms with Crippen molar-refractivity contribution in [2.75, 3.05) is 56.2 Å². The van der Waals surface area contributed by atoms with E-state index in [2.05, 4.69) is 61.5 Å². The lowest BCUT2D eigenvalue weighted by Gasteiger charge is -2.26. The molecule has 0 atom stereocenters. The smallest absolute Gasteiger partial charge is 0.244 e. The summed E-state index contributed by atoms with van der Waals surface area (Å²) in [5, 5.41) is 11.5. The van der Waals surface area contributed by atoms with Gasteiger partial charge >= 0.3 is 0 Å². The van der Waals surface area contributed by atoms with Gasteiger partial charge in [0.05, 0.1) is 19.4 Å². The highest BCUT2D eigenvalue weighted by Crippen LogP contribution is 2.14. The fraction of sp³-hybridized carbons (Fsp3) is 0.500. The first-order valence-corrected chi connectivity index (χ1v) is 8.87. The van der Waals surface area contributed by atoms with Crippen LogP contribution in [0.1, 0.15) is 12.5 Å².